The molecule has 5 heteroatoms. The Kier molecular flexibility index (Phi) is 4.87. The quantitative estimate of drug-likeness (QED) is 0.770. The zero-order valence-electron chi connectivity index (χ0n) is 11.7. The fourth-order valence-corrected chi connectivity index (χ4v) is 2.17. The monoisotopic (exact) mass is 263 g/mol. The topological polar surface area (TPSA) is 49.2 Å². The van der Waals surface area contributed by atoms with Crippen molar-refractivity contribution in [1.29, 1.82) is 0 Å². The molecule has 0 amide bonds. The minimum Gasteiger partial charge on any atom is -0.379 e. The molecular weight excluding hydrogens is 242 g/mol. The molecule has 104 valence electrons. The van der Waals surface area contributed by atoms with Crippen LogP contribution in [0.25, 0.3) is 11.0 Å². The second-order valence-electron chi connectivity index (χ2n) is 4.43. The first-order chi connectivity index (χ1) is 9.26. The van der Waals surface area contributed by atoms with E-state index in [9.17, 15) is 0 Å². The lowest BCUT2D eigenvalue weighted by Gasteiger charge is -2.21. The van der Waals surface area contributed by atoms with E-state index in [-0.39, 0.29) is 12.3 Å². The molecule has 0 N–H and O–H groups in total. The van der Waals surface area contributed by atoms with Crippen LogP contribution in [0.1, 0.15) is 33.4 Å². The van der Waals surface area contributed by atoms with E-state index in [1.807, 2.05) is 42.8 Å². The van der Waals surface area contributed by atoms with Gasteiger partial charge in [0.05, 0.1) is 11.6 Å². The number of rotatable bonds is 7. The second-order valence-corrected chi connectivity index (χ2v) is 4.43. The Morgan fingerprint density at radius 1 is 1.16 bits per heavy atom. The van der Waals surface area contributed by atoms with E-state index in [1.54, 1.807) is 0 Å². The van der Waals surface area contributed by atoms with E-state index in [0.29, 0.717) is 13.2 Å². The smallest absolute Gasteiger partial charge is 0.155 e. The van der Waals surface area contributed by atoms with Crippen LogP contribution in [0.2, 0.25) is 0 Å². The number of hydrogen-bond acceptors (Lipinski definition) is 4. The number of fused-ring (bicyclic) bond motifs is 1. The maximum Gasteiger partial charge on any atom is 0.155 e. The van der Waals surface area contributed by atoms with Crippen molar-refractivity contribution in [2.24, 2.45) is 0 Å². The normalized spacial score (nSPS) is 14.7. The largest absolute Gasteiger partial charge is 0.379 e. The highest BCUT2D eigenvalue weighted by Crippen LogP contribution is 2.21. The van der Waals surface area contributed by atoms with Crippen molar-refractivity contribution >= 4 is 11.0 Å². The maximum absolute atomic E-state index is 5.79. The third-order valence-electron chi connectivity index (χ3n) is 2.99. The molecule has 1 aromatic carbocycles. The van der Waals surface area contributed by atoms with Gasteiger partial charge in [-0.2, -0.15) is 0 Å². The number of hydrogen-bond donors (Lipinski definition) is 0. The molecule has 2 unspecified atom stereocenters. The summed E-state index contributed by atoms with van der Waals surface area (Å²) in [6.07, 6.45) is 0.748. The molecule has 0 saturated heterocycles. The van der Waals surface area contributed by atoms with Gasteiger partial charge in [-0.05, 0) is 32.9 Å². The van der Waals surface area contributed by atoms with Crippen molar-refractivity contribution < 1.29 is 9.47 Å². The van der Waals surface area contributed by atoms with Crippen molar-refractivity contribution in [3.8, 4) is 0 Å². The SMILES string of the molecule is CCOC(C)CC(OCC)n1nnc2ccccc21. The Morgan fingerprint density at radius 2 is 1.89 bits per heavy atom. The van der Waals surface area contributed by atoms with Gasteiger partial charge in [-0.3, -0.25) is 0 Å². The van der Waals surface area contributed by atoms with Gasteiger partial charge in [-0.15, -0.1) is 5.10 Å². The lowest BCUT2D eigenvalue weighted by molar-refractivity contribution is -0.0436. The minimum absolute atomic E-state index is 0.129. The molecule has 0 radical (unpaired) electrons. The Balaban J connectivity index is 2.22. The second kappa shape index (κ2) is 6.63. The summed E-state index contributed by atoms with van der Waals surface area (Å²) in [5.41, 5.74) is 1.88. The Morgan fingerprint density at radius 3 is 2.63 bits per heavy atom. The van der Waals surface area contributed by atoms with Crippen molar-refractivity contribution in [2.75, 3.05) is 13.2 Å². The van der Waals surface area contributed by atoms with Crippen LogP contribution in [0.15, 0.2) is 24.3 Å². The highest BCUT2D eigenvalue weighted by atomic mass is 16.5. The Labute approximate surface area is 113 Å². The summed E-state index contributed by atoms with van der Waals surface area (Å²) in [5, 5.41) is 8.38. The number of ether oxygens (including phenoxy) is 2. The average Bonchev–Trinajstić information content (AvgIpc) is 2.82. The van der Waals surface area contributed by atoms with Crippen LogP contribution in [-0.4, -0.2) is 34.3 Å². The predicted molar refractivity (Wildman–Crippen MR) is 73.9 cm³/mol. The summed E-state index contributed by atoms with van der Waals surface area (Å²) in [4.78, 5) is 0. The first-order valence-corrected chi connectivity index (χ1v) is 6.79. The van der Waals surface area contributed by atoms with Crippen molar-refractivity contribution in [1.82, 2.24) is 15.0 Å². The number of aromatic nitrogens is 3. The lowest BCUT2D eigenvalue weighted by Crippen LogP contribution is -2.21. The van der Waals surface area contributed by atoms with Gasteiger partial charge in [0, 0.05) is 19.6 Å². The van der Waals surface area contributed by atoms with Gasteiger partial charge in [-0.25, -0.2) is 4.68 Å². The van der Waals surface area contributed by atoms with E-state index in [1.165, 1.54) is 0 Å². The standard InChI is InChI=1S/C14H21N3O2/c1-4-18-11(3)10-14(19-5-2)17-13-9-7-6-8-12(13)15-16-17/h6-9,11,14H,4-5,10H2,1-3H3. The van der Waals surface area contributed by atoms with Gasteiger partial charge in [0.1, 0.15) is 5.52 Å². The predicted octanol–water partition coefficient (Wildman–Crippen LogP) is 2.78. The van der Waals surface area contributed by atoms with E-state index >= 15 is 0 Å². The fourth-order valence-electron chi connectivity index (χ4n) is 2.17. The number of benzene rings is 1. The summed E-state index contributed by atoms with van der Waals surface area (Å²) in [7, 11) is 0. The van der Waals surface area contributed by atoms with Crippen LogP contribution < -0.4 is 0 Å². The van der Waals surface area contributed by atoms with Crippen LogP contribution >= 0.6 is 0 Å². The molecule has 0 aliphatic carbocycles. The first kappa shape index (κ1) is 14.0. The molecule has 0 bridgehead atoms. The molecule has 0 saturated carbocycles. The van der Waals surface area contributed by atoms with E-state index in [2.05, 4.69) is 17.2 Å². The molecule has 0 fully saturated rings. The molecule has 2 atom stereocenters. The highest BCUT2D eigenvalue weighted by molar-refractivity contribution is 5.73. The van der Waals surface area contributed by atoms with Crippen LogP contribution in [0.5, 0.6) is 0 Å². The summed E-state index contributed by atoms with van der Waals surface area (Å²) < 4.78 is 13.2. The van der Waals surface area contributed by atoms with E-state index in [0.717, 1.165) is 17.5 Å². The first-order valence-electron chi connectivity index (χ1n) is 6.79. The van der Waals surface area contributed by atoms with E-state index in [4.69, 9.17) is 9.47 Å². The average molecular weight is 263 g/mol. The molecule has 19 heavy (non-hydrogen) atoms. The summed E-state index contributed by atoms with van der Waals surface area (Å²) in [6, 6.07) is 7.90. The van der Waals surface area contributed by atoms with Crippen LogP contribution in [0.4, 0.5) is 0 Å². The van der Waals surface area contributed by atoms with Gasteiger partial charge < -0.3 is 9.47 Å². The molecule has 1 heterocycles. The van der Waals surface area contributed by atoms with Crippen molar-refractivity contribution in [3.63, 3.8) is 0 Å². The summed E-state index contributed by atoms with van der Waals surface area (Å²) >= 11 is 0. The Bertz CT molecular complexity index is 512. The van der Waals surface area contributed by atoms with Gasteiger partial charge in [0.2, 0.25) is 0 Å². The molecule has 1 aromatic heterocycles. The molecular formula is C14H21N3O2. The maximum atomic E-state index is 5.79. The zero-order valence-corrected chi connectivity index (χ0v) is 11.7. The lowest BCUT2D eigenvalue weighted by atomic mass is 10.2. The van der Waals surface area contributed by atoms with Crippen LogP contribution in [0.3, 0.4) is 0 Å². The van der Waals surface area contributed by atoms with Crippen LogP contribution in [-0.2, 0) is 9.47 Å². The third kappa shape index (κ3) is 3.30. The van der Waals surface area contributed by atoms with Gasteiger partial charge in [-0.1, -0.05) is 17.3 Å². The molecule has 0 aliphatic rings. The van der Waals surface area contributed by atoms with Gasteiger partial charge in [0.15, 0.2) is 6.23 Å². The number of para-hydroxylation sites is 1. The molecule has 2 aromatic rings. The van der Waals surface area contributed by atoms with Crippen molar-refractivity contribution in [2.45, 2.75) is 39.5 Å². The summed E-state index contributed by atoms with van der Waals surface area (Å²) in [5.74, 6) is 0. The molecule has 0 spiro atoms. The highest BCUT2D eigenvalue weighted by Gasteiger charge is 2.18. The van der Waals surface area contributed by atoms with Gasteiger partial charge in [0.25, 0.3) is 0 Å². The third-order valence-corrected chi connectivity index (χ3v) is 2.99. The number of nitrogens with zero attached hydrogens (tertiary/aromatic N) is 3. The Hall–Kier alpha value is -1.46. The summed E-state index contributed by atoms with van der Waals surface area (Å²) in [6.45, 7) is 7.37. The molecule has 0 aliphatic heterocycles. The van der Waals surface area contributed by atoms with E-state index < -0.39 is 0 Å². The van der Waals surface area contributed by atoms with Gasteiger partial charge >= 0.3 is 0 Å². The fraction of sp³-hybridized carbons (Fsp3) is 0.571. The zero-order chi connectivity index (χ0) is 13.7. The van der Waals surface area contributed by atoms with Crippen LogP contribution in [0, 0.1) is 0 Å². The molecule has 5 nitrogen and oxygen atoms in total. The minimum atomic E-state index is -0.140. The molecule has 2 rings (SSSR count). The van der Waals surface area contributed by atoms with Crippen molar-refractivity contribution in [3.05, 3.63) is 24.3 Å².